The summed E-state index contributed by atoms with van der Waals surface area (Å²) in [4.78, 5) is 13.8. The molecule has 2 aromatic heterocycles. The van der Waals surface area contributed by atoms with E-state index in [1.54, 1.807) is 24.4 Å². The van der Waals surface area contributed by atoms with Crippen molar-refractivity contribution >= 4 is 28.7 Å². The second kappa shape index (κ2) is 9.55. The van der Waals surface area contributed by atoms with E-state index < -0.39 is 0 Å². The Labute approximate surface area is 182 Å². The van der Waals surface area contributed by atoms with Gasteiger partial charge in [-0.1, -0.05) is 63.7 Å². The van der Waals surface area contributed by atoms with Gasteiger partial charge in [-0.2, -0.15) is 4.98 Å². The number of imidazole rings is 1. The van der Waals surface area contributed by atoms with Crippen LogP contribution in [0.1, 0.15) is 39.8 Å². The number of rotatable bonds is 7. The SMILES string of the molecule is C.CC(C)Cn1c(Nc2ccccc2F)nc2cnc(NC(C)c3ccccc3)nc21. The van der Waals surface area contributed by atoms with Crippen LogP contribution in [0.3, 0.4) is 0 Å². The molecule has 2 N–H and O–H groups in total. The van der Waals surface area contributed by atoms with Gasteiger partial charge in [0.1, 0.15) is 11.3 Å². The Bertz CT molecular complexity index is 1140. The zero-order valence-corrected chi connectivity index (χ0v) is 17.3. The number of para-hydroxylation sites is 1. The first kappa shape index (κ1) is 22.2. The number of hydrogen-bond acceptors (Lipinski definition) is 5. The highest BCUT2D eigenvalue weighted by atomic mass is 19.1. The van der Waals surface area contributed by atoms with Crippen molar-refractivity contribution in [3.63, 3.8) is 0 Å². The summed E-state index contributed by atoms with van der Waals surface area (Å²) in [6.07, 6.45) is 1.70. The first-order valence-corrected chi connectivity index (χ1v) is 10.1. The zero-order valence-electron chi connectivity index (χ0n) is 17.3. The molecule has 0 saturated heterocycles. The predicted molar refractivity (Wildman–Crippen MR) is 125 cm³/mol. The maximum absolute atomic E-state index is 14.2. The van der Waals surface area contributed by atoms with Gasteiger partial charge in [0.15, 0.2) is 5.65 Å². The van der Waals surface area contributed by atoms with Crippen LogP contribution in [-0.4, -0.2) is 19.5 Å². The van der Waals surface area contributed by atoms with Crippen LogP contribution in [0.25, 0.3) is 11.2 Å². The van der Waals surface area contributed by atoms with Crippen LogP contribution in [-0.2, 0) is 6.54 Å². The van der Waals surface area contributed by atoms with Crippen LogP contribution in [0.2, 0.25) is 0 Å². The maximum atomic E-state index is 14.2. The van der Waals surface area contributed by atoms with Gasteiger partial charge in [-0.15, -0.1) is 0 Å². The highest BCUT2D eigenvalue weighted by Crippen LogP contribution is 2.25. The van der Waals surface area contributed by atoms with Crippen molar-refractivity contribution in [2.45, 2.75) is 40.8 Å². The summed E-state index contributed by atoms with van der Waals surface area (Å²) >= 11 is 0. The van der Waals surface area contributed by atoms with Gasteiger partial charge in [-0.25, -0.2) is 14.4 Å². The molecule has 31 heavy (non-hydrogen) atoms. The highest BCUT2D eigenvalue weighted by molar-refractivity contribution is 5.76. The van der Waals surface area contributed by atoms with Crippen LogP contribution < -0.4 is 10.6 Å². The molecule has 0 amide bonds. The molecule has 0 aliphatic carbocycles. The highest BCUT2D eigenvalue weighted by Gasteiger charge is 2.16. The van der Waals surface area contributed by atoms with Gasteiger partial charge in [0, 0.05) is 6.54 Å². The van der Waals surface area contributed by atoms with E-state index in [1.165, 1.54) is 6.07 Å². The Morgan fingerprint density at radius 2 is 1.68 bits per heavy atom. The zero-order chi connectivity index (χ0) is 21.1. The summed E-state index contributed by atoms with van der Waals surface area (Å²) in [5, 5.41) is 6.47. The molecule has 6 nitrogen and oxygen atoms in total. The molecule has 4 aromatic rings. The van der Waals surface area contributed by atoms with E-state index in [2.05, 4.69) is 53.5 Å². The summed E-state index contributed by atoms with van der Waals surface area (Å²) in [7, 11) is 0. The van der Waals surface area contributed by atoms with Gasteiger partial charge in [-0.3, -0.25) is 4.57 Å². The third-order valence-electron chi connectivity index (χ3n) is 4.80. The van der Waals surface area contributed by atoms with Crippen molar-refractivity contribution in [1.29, 1.82) is 0 Å². The second-order valence-electron chi connectivity index (χ2n) is 7.72. The Hall–Kier alpha value is -3.48. The minimum Gasteiger partial charge on any atom is -0.348 e. The van der Waals surface area contributed by atoms with Crippen LogP contribution in [0.15, 0.2) is 60.8 Å². The Kier molecular flexibility index (Phi) is 6.84. The normalized spacial score (nSPS) is 11.9. The van der Waals surface area contributed by atoms with Crippen molar-refractivity contribution in [2.75, 3.05) is 10.6 Å². The number of aromatic nitrogens is 4. The molecular weight excluding hydrogens is 391 g/mol. The average molecular weight is 421 g/mol. The first-order valence-electron chi connectivity index (χ1n) is 10.1. The lowest BCUT2D eigenvalue weighted by Crippen LogP contribution is -2.12. The number of fused-ring (bicyclic) bond motifs is 1. The van der Waals surface area contributed by atoms with Gasteiger partial charge in [0.05, 0.1) is 17.9 Å². The quantitative estimate of drug-likeness (QED) is 0.374. The molecule has 162 valence electrons. The Morgan fingerprint density at radius 1 is 0.968 bits per heavy atom. The molecule has 1 atom stereocenters. The lowest BCUT2D eigenvalue weighted by molar-refractivity contribution is 0.534. The molecule has 7 heteroatoms. The predicted octanol–water partition coefficient (Wildman–Crippen LogP) is 6.17. The fourth-order valence-corrected chi connectivity index (χ4v) is 3.32. The van der Waals surface area contributed by atoms with Gasteiger partial charge in [0.2, 0.25) is 11.9 Å². The van der Waals surface area contributed by atoms with Crippen molar-refractivity contribution in [3.8, 4) is 0 Å². The van der Waals surface area contributed by atoms with Crippen molar-refractivity contribution in [3.05, 3.63) is 72.2 Å². The number of nitrogens with one attached hydrogen (secondary N) is 2. The summed E-state index contributed by atoms with van der Waals surface area (Å²) in [5.74, 6) is 1.11. The first-order chi connectivity index (χ1) is 14.5. The topological polar surface area (TPSA) is 67.7 Å². The van der Waals surface area contributed by atoms with Gasteiger partial charge in [-0.05, 0) is 30.5 Å². The van der Waals surface area contributed by atoms with E-state index in [-0.39, 0.29) is 19.3 Å². The van der Waals surface area contributed by atoms with E-state index in [1.807, 2.05) is 22.8 Å². The fourth-order valence-electron chi connectivity index (χ4n) is 3.32. The van der Waals surface area contributed by atoms with Gasteiger partial charge < -0.3 is 10.6 Å². The number of nitrogens with zero attached hydrogens (tertiary/aromatic N) is 4. The van der Waals surface area contributed by atoms with E-state index in [9.17, 15) is 4.39 Å². The molecule has 4 rings (SSSR count). The van der Waals surface area contributed by atoms with E-state index >= 15 is 0 Å². The molecule has 0 saturated carbocycles. The summed E-state index contributed by atoms with van der Waals surface area (Å²) in [6, 6.07) is 16.8. The Balaban J connectivity index is 0.00000272. The largest absolute Gasteiger partial charge is 0.348 e. The van der Waals surface area contributed by atoms with Gasteiger partial charge >= 0.3 is 0 Å². The lowest BCUT2D eigenvalue weighted by atomic mass is 10.1. The van der Waals surface area contributed by atoms with E-state index in [4.69, 9.17) is 4.98 Å². The van der Waals surface area contributed by atoms with Crippen molar-refractivity contribution in [2.24, 2.45) is 5.92 Å². The molecule has 2 aromatic carbocycles. The third-order valence-corrected chi connectivity index (χ3v) is 4.80. The fraction of sp³-hybridized carbons (Fsp3) is 0.292. The summed E-state index contributed by atoms with van der Waals surface area (Å²) < 4.78 is 16.1. The number of benzene rings is 2. The average Bonchev–Trinajstić information content (AvgIpc) is 3.06. The van der Waals surface area contributed by atoms with Crippen LogP contribution in [0.5, 0.6) is 0 Å². The molecule has 0 fully saturated rings. The van der Waals surface area contributed by atoms with Crippen molar-refractivity contribution in [1.82, 2.24) is 19.5 Å². The Morgan fingerprint density at radius 3 is 2.39 bits per heavy atom. The van der Waals surface area contributed by atoms with E-state index in [0.717, 1.165) is 5.56 Å². The van der Waals surface area contributed by atoms with E-state index in [0.29, 0.717) is 41.2 Å². The molecule has 2 heterocycles. The van der Waals surface area contributed by atoms with Crippen LogP contribution in [0.4, 0.5) is 22.0 Å². The number of anilines is 3. The monoisotopic (exact) mass is 420 g/mol. The van der Waals surface area contributed by atoms with Gasteiger partial charge in [0.25, 0.3) is 0 Å². The molecule has 0 spiro atoms. The molecule has 0 aliphatic heterocycles. The summed E-state index contributed by atoms with van der Waals surface area (Å²) in [5.41, 5.74) is 2.90. The number of hydrogen-bond donors (Lipinski definition) is 2. The standard InChI is InChI=1S/C23H25FN6.CH4/c1-15(2)14-30-21-20(28-23(30)27-19-12-8-7-11-18(19)24)13-25-22(29-21)26-16(3)17-9-5-4-6-10-17;/h4-13,15-16H,14H2,1-3H3,(H,27,28)(H,25,26,29);1H4. The maximum Gasteiger partial charge on any atom is 0.225 e. The summed E-state index contributed by atoms with van der Waals surface area (Å²) in [6.45, 7) is 7.00. The second-order valence-corrected chi connectivity index (χ2v) is 7.72. The molecule has 0 bridgehead atoms. The minimum absolute atomic E-state index is 0. The van der Waals surface area contributed by atoms with Crippen molar-refractivity contribution < 1.29 is 4.39 Å². The van der Waals surface area contributed by atoms with Crippen LogP contribution >= 0.6 is 0 Å². The molecule has 1 unspecified atom stereocenters. The third kappa shape index (κ3) is 4.99. The minimum atomic E-state index is -0.328. The number of halogens is 1. The molecule has 0 aliphatic rings. The smallest absolute Gasteiger partial charge is 0.225 e. The van der Waals surface area contributed by atoms with Crippen LogP contribution in [0, 0.1) is 11.7 Å². The molecule has 0 radical (unpaired) electrons. The lowest BCUT2D eigenvalue weighted by Gasteiger charge is -2.15. The molecular formula is C24H29FN6.